The van der Waals surface area contributed by atoms with Crippen LogP contribution in [0.3, 0.4) is 0 Å². The molecule has 10 aromatic carbocycles. The molecule has 1 aliphatic heterocycles. The normalized spacial score (nSPS) is 17.6. The van der Waals surface area contributed by atoms with Crippen molar-refractivity contribution in [2.45, 2.75) is 73.0 Å². The lowest BCUT2D eigenvalue weighted by Crippen LogP contribution is -2.43. The molecule has 1 atom stereocenters. The van der Waals surface area contributed by atoms with Gasteiger partial charge in [-0.25, -0.2) is 0 Å². The number of anilines is 3. The highest BCUT2D eigenvalue weighted by Gasteiger charge is 2.53. The zero-order chi connectivity index (χ0) is 47.3. The van der Waals surface area contributed by atoms with Gasteiger partial charge in [0.1, 0.15) is 0 Å². The van der Waals surface area contributed by atoms with E-state index in [1.807, 2.05) is 11.8 Å². The van der Waals surface area contributed by atoms with Crippen molar-refractivity contribution in [1.82, 2.24) is 0 Å². The molecule has 3 aliphatic carbocycles. The molecule has 14 rings (SSSR count). The van der Waals surface area contributed by atoms with Gasteiger partial charge in [0.25, 0.3) is 0 Å². The predicted molar refractivity (Wildman–Crippen MR) is 294 cm³/mol. The number of hydrogen-bond acceptors (Lipinski definition) is 2. The summed E-state index contributed by atoms with van der Waals surface area (Å²) < 4.78 is 0. The summed E-state index contributed by atoms with van der Waals surface area (Å²) in [6, 6.07) is 81.1. The summed E-state index contributed by atoms with van der Waals surface area (Å²) in [5.41, 5.74) is 24.0. The summed E-state index contributed by atoms with van der Waals surface area (Å²) in [7, 11) is 0. The van der Waals surface area contributed by atoms with Crippen LogP contribution in [0.5, 0.6) is 0 Å². The third-order valence-electron chi connectivity index (χ3n) is 17.0. The van der Waals surface area contributed by atoms with Crippen molar-refractivity contribution in [1.29, 1.82) is 0 Å². The number of nitrogens with zero attached hydrogens (tertiary/aromatic N) is 1. The van der Waals surface area contributed by atoms with Crippen LogP contribution in [0.4, 0.5) is 17.1 Å². The van der Waals surface area contributed by atoms with Gasteiger partial charge in [0.15, 0.2) is 0 Å². The molecule has 0 aromatic heterocycles. The first-order valence-electron chi connectivity index (χ1n) is 24.9. The van der Waals surface area contributed by atoms with E-state index in [-0.39, 0.29) is 16.2 Å². The van der Waals surface area contributed by atoms with Gasteiger partial charge in [-0.15, -0.1) is 0 Å². The highest BCUT2D eigenvalue weighted by atomic mass is 32.2. The second-order valence-corrected chi connectivity index (χ2v) is 22.6. The Hall–Kier alpha value is -7.39. The molecule has 0 radical (unpaired) electrons. The number of benzene rings is 10. The van der Waals surface area contributed by atoms with Crippen LogP contribution >= 0.6 is 11.8 Å². The Labute approximate surface area is 416 Å². The van der Waals surface area contributed by atoms with Crippen LogP contribution in [0.2, 0.25) is 0 Å². The van der Waals surface area contributed by atoms with Crippen molar-refractivity contribution in [3.63, 3.8) is 0 Å². The van der Waals surface area contributed by atoms with E-state index < -0.39 is 5.41 Å². The van der Waals surface area contributed by atoms with E-state index in [4.69, 9.17) is 0 Å². The fraction of sp³-hybridized carbons (Fsp3) is 0.147. The first-order chi connectivity index (χ1) is 34.0. The molecule has 0 N–H and O–H groups in total. The number of fused-ring (bicyclic) bond motifs is 16. The SMILES string of the molecule is CC1(C)c2ccccc2-c2ccc(N(c3ccc(-c4cccc5c4C(C)(C)c4ccccc4C54c5ccccc5Sc5c4ccc4ccccc54)cc3)c3ccc4c(c3)C(C)(C)c3ccccc3-4)cc21. The fourth-order valence-electron chi connectivity index (χ4n) is 13.7. The smallest absolute Gasteiger partial charge is 0.0729 e. The van der Waals surface area contributed by atoms with E-state index in [9.17, 15) is 0 Å². The van der Waals surface area contributed by atoms with E-state index in [2.05, 4.69) is 259 Å². The van der Waals surface area contributed by atoms with E-state index >= 15 is 0 Å². The molecule has 336 valence electrons. The molecule has 0 amide bonds. The molecular formula is C68H53NS. The minimum Gasteiger partial charge on any atom is -0.310 e. The highest BCUT2D eigenvalue weighted by Crippen LogP contribution is 2.64. The molecular weight excluding hydrogens is 863 g/mol. The monoisotopic (exact) mass is 915 g/mol. The molecule has 1 heterocycles. The average Bonchev–Trinajstić information content (AvgIpc) is 3.76. The largest absolute Gasteiger partial charge is 0.310 e. The maximum absolute atomic E-state index is 2.50. The van der Waals surface area contributed by atoms with Crippen LogP contribution in [-0.4, -0.2) is 0 Å². The van der Waals surface area contributed by atoms with E-state index in [0.717, 1.165) is 17.1 Å². The fourth-order valence-corrected chi connectivity index (χ4v) is 15.0. The summed E-state index contributed by atoms with van der Waals surface area (Å²) in [5, 5.41) is 2.59. The highest BCUT2D eigenvalue weighted by molar-refractivity contribution is 7.99. The number of rotatable bonds is 4. The van der Waals surface area contributed by atoms with Crippen LogP contribution in [0.25, 0.3) is 44.2 Å². The van der Waals surface area contributed by atoms with Crippen molar-refractivity contribution < 1.29 is 0 Å². The molecule has 0 fully saturated rings. The molecule has 1 spiro atoms. The molecule has 1 nitrogen and oxygen atoms in total. The van der Waals surface area contributed by atoms with Crippen LogP contribution in [0.15, 0.2) is 222 Å². The Morgan fingerprint density at radius 3 is 1.49 bits per heavy atom. The summed E-state index contributed by atoms with van der Waals surface area (Å²) in [6.07, 6.45) is 0. The van der Waals surface area contributed by atoms with E-state index in [0.29, 0.717) is 0 Å². The van der Waals surface area contributed by atoms with Gasteiger partial charge in [-0.3, -0.25) is 0 Å². The lowest BCUT2D eigenvalue weighted by molar-refractivity contribution is 0.551. The second-order valence-electron chi connectivity index (χ2n) is 21.6. The van der Waals surface area contributed by atoms with Crippen molar-refractivity contribution in [3.8, 4) is 33.4 Å². The van der Waals surface area contributed by atoms with Gasteiger partial charge in [0.05, 0.1) is 5.41 Å². The minimum absolute atomic E-state index is 0.126. The van der Waals surface area contributed by atoms with Gasteiger partial charge < -0.3 is 4.90 Å². The quantitative estimate of drug-likeness (QED) is 0.173. The zero-order valence-corrected chi connectivity index (χ0v) is 41.4. The Morgan fingerprint density at radius 2 is 0.829 bits per heavy atom. The van der Waals surface area contributed by atoms with Gasteiger partial charge in [-0.1, -0.05) is 223 Å². The maximum atomic E-state index is 2.50. The Morgan fingerprint density at radius 1 is 0.329 bits per heavy atom. The van der Waals surface area contributed by atoms with Crippen molar-refractivity contribution in [2.75, 3.05) is 4.90 Å². The number of hydrogen-bond donors (Lipinski definition) is 0. The molecule has 1 unspecified atom stereocenters. The van der Waals surface area contributed by atoms with Crippen molar-refractivity contribution >= 4 is 39.6 Å². The van der Waals surface area contributed by atoms with Crippen molar-refractivity contribution in [3.05, 3.63) is 268 Å². The van der Waals surface area contributed by atoms with Crippen LogP contribution in [0.1, 0.15) is 97.2 Å². The third kappa shape index (κ3) is 5.46. The summed E-state index contributed by atoms with van der Waals surface area (Å²) in [6.45, 7) is 14.4. The molecule has 10 aromatic rings. The average molecular weight is 916 g/mol. The summed E-state index contributed by atoms with van der Waals surface area (Å²) in [4.78, 5) is 5.17. The lowest BCUT2D eigenvalue weighted by Gasteiger charge is -2.51. The lowest BCUT2D eigenvalue weighted by atomic mass is 9.53. The molecule has 70 heavy (non-hydrogen) atoms. The molecule has 4 aliphatic rings. The standard InChI is InChI=1S/C68H53NS/c1-65(2)53-23-11-9-20-49(53)51-37-35-45(40-60(51)65)69(46-36-38-52-50-21-10-12-24-54(50)66(3,4)61(52)41-46)44-33-30-43(31-34-44)47-22-17-28-58-63(47)67(5,6)55-25-13-14-26-56(55)68(58)57-27-15-16-29-62(57)70-64-48-19-8-7-18-42(48)32-39-59(64)68/h7-41H,1-6H3. The van der Waals surface area contributed by atoms with Gasteiger partial charge in [-0.05, 0) is 142 Å². The van der Waals surface area contributed by atoms with E-state index in [1.54, 1.807) is 0 Å². The van der Waals surface area contributed by atoms with Gasteiger partial charge >= 0.3 is 0 Å². The zero-order valence-electron chi connectivity index (χ0n) is 40.6. The predicted octanol–water partition coefficient (Wildman–Crippen LogP) is 18.1. The van der Waals surface area contributed by atoms with E-state index in [1.165, 1.54) is 110 Å². The second kappa shape index (κ2) is 14.6. The van der Waals surface area contributed by atoms with Crippen molar-refractivity contribution in [2.24, 2.45) is 0 Å². The first kappa shape index (κ1) is 41.6. The maximum Gasteiger partial charge on any atom is 0.0729 e. The van der Waals surface area contributed by atoms with Crippen LogP contribution in [0, 0.1) is 0 Å². The van der Waals surface area contributed by atoms with Crippen LogP contribution in [-0.2, 0) is 21.7 Å². The van der Waals surface area contributed by atoms with Gasteiger partial charge in [0, 0.05) is 43.1 Å². The first-order valence-corrected chi connectivity index (χ1v) is 25.7. The Balaban J connectivity index is 0.965. The molecule has 0 saturated heterocycles. The molecule has 0 saturated carbocycles. The van der Waals surface area contributed by atoms with Gasteiger partial charge in [-0.2, -0.15) is 0 Å². The molecule has 0 bridgehead atoms. The van der Waals surface area contributed by atoms with Crippen LogP contribution < -0.4 is 4.90 Å². The summed E-state index contributed by atoms with van der Waals surface area (Å²) >= 11 is 1.93. The summed E-state index contributed by atoms with van der Waals surface area (Å²) in [5.74, 6) is 0. The molecule has 2 heteroatoms. The van der Waals surface area contributed by atoms with Gasteiger partial charge in [0.2, 0.25) is 0 Å². The Bertz CT molecular complexity index is 3740. The Kier molecular flexibility index (Phi) is 8.66. The third-order valence-corrected chi connectivity index (χ3v) is 18.2. The minimum atomic E-state index is -0.516. The topological polar surface area (TPSA) is 3.24 Å².